The van der Waals surface area contributed by atoms with E-state index in [1.165, 1.54) is 0 Å². The summed E-state index contributed by atoms with van der Waals surface area (Å²) in [4.78, 5) is 11.6. The van der Waals surface area contributed by atoms with Gasteiger partial charge < -0.3 is 4.74 Å². The summed E-state index contributed by atoms with van der Waals surface area (Å²) in [6.45, 7) is 13.7. The van der Waals surface area contributed by atoms with Gasteiger partial charge >= 0.3 is 0 Å². The molecule has 0 aliphatic rings. The quantitative estimate of drug-likeness (QED) is 0.671. The number of ether oxygens (including phenoxy) is 1. The fourth-order valence-electron chi connectivity index (χ4n) is 1.05. The number of carbonyl (C=O) groups excluding carboxylic acids is 1. The smallest absolute Gasteiger partial charge is 0.140 e. The molecular formula is C13H26O2S. The maximum Gasteiger partial charge on any atom is 0.140 e. The van der Waals surface area contributed by atoms with Gasteiger partial charge in [0.15, 0.2) is 0 Å². The van der Waals surface area contributed by atoms with Crippen molar-refractivity contribution in [1.29, 1.82) is 0 Å². The van der Waals surface area contributed by atoms with Gasteiger partial charge in [-0.05, 0) is 0 Å². The molecule has 0 spiro atoms. The van der Waals surface area contributed by atoms with Crippen LogP contribution in [0.4, 0.5) is 0 Å². The average molecular weight is 246 g/mol. The van der Waals surface area contributed by atoms with Crippen molar-refractivity contribution >= 4 is 17.5 Å². The molecule has 96 valence electrons. The second-order valence-electron chi connectivity index (χ2n) is 6.00. The molecule has 0 unspecified atom stereocenters. The predicted octanol–water partition coefficient (Wildman–Crippen LogP) is 3.54. The number of hydrogen-bond donors (Lipinski definition) is 0. The van der Waals surface area contributed by atoms with Crippen LogP contribution in [0.15, 0.2) is 0 Å². The van der Waals surface area contributed by atoms with Crippen LogP contribution in [-0.4, -0.2) is 29.5 Å². The molecule has 0 fully saturated rings. The van der Waals surface area contributed by atoms with Crippen LogP contribution in [0.5, 0.6) is 0 Å². The van der Waals surface area contributed by atoms with Crippen LogP contribution in [-0.2, 0) is 9.53 Å². The number of hydrogen-bond acceptors (Lipinski definition) is 3. The molecule has 0 radical (unpaired) electrons. The summed E-state index contributed by atoms with van der Waals surface area (Å²) in [5.41, 5.74) is -0.233. The maximum absolute atomic E-state index is 11.6. The Labute approximate surface area is 105 Å². The fourth-order valence-corrected chi connectivity index (χ4v) is 1.86. The Bertz CT molecular complexity index is 211. The van der Waals surface area contributed by atoms with E-state index in [0.29, 0.717) is 17.8 Å². The highest BCUT2D eigenvalue weighted by molar-refractivity contribution is 8.00. The summed E-state index contributed by atoms with van der Waals surface area (Å²) in [6, 6.07) is 0. The fraction of sp³-hybridized carbons (Fsp3) is 0.923. The molecule has 2 nitrogen and oxygen atoms in total. The first kappa shape index (κ1) is 16.0. The largest absolute Gasteiger partial charge is 0.380 e. The van der Waals surface area contributed by atoms with Crippen LogP contribution in [0.25, 0.3) is 0 Å². The molecule has 0 aliphatic heterocycles. The molecule has 0 rings (SSSR count). The van der Waals surface area contributed by atoms with Crippen molar-refractivity contribution in [2.24, 2.45) is 5.41 Å². The van der Waals surface area contributed by atoms with Gasteiger partial charge in [-0.1, -0.05) is 41.5 Å². The SMILES string of the molecule is CC(C)(C)SCCOCCC(=O)C(C)(C)C. The zero-order valence-corrected chi connectivity index (χ0v) is 12.4. The first-order chi connectivity index (χ1) is 7.13. The minimum absolute atomic E-state index is 0.233. The van der Waals surface area contributed by atoms with Crippen LogP contribution in [0, 0.1) is 5.41 Å². The van der Waals surface area contributed by atoms with Crippen molar-refractivity contribution in [1.82, 2.24) is 0 Å². The molecule has 16 heavy (non-hydrogen) atoms. The standard InChI is InChI=1S/C13H26O2S/c1-12(2,3)11(14)7-8-15-9-10-16-13(4,5)6/h7-10H2,1-6H3. The summed E-state index contributed by atoms with van der Waals surface area (Å²) >= 11 is 1.89. The molecule has 0 saturated carbocycles. The Balaban J connectivity index is 3.45. The molecular weight excluding hydrogens is 220 g/mol. The van der Waals surface area contributed by atoms with Gasteiger partial charge in [-0.3, -0.25) is 4.79 Å². The van der Waals surface area contributed by atoms with Crippen molar-refractivity contribution in [2.45, 2.75) is 52.7 Å². The molecule has 0 bridgehead atoms. The first-order valence-corrected chi connectivity index (χ1v) is 6.86. The topological polar surface area (TPSA) is 26.3 Å². The monoisotopic (exact) mass is 246 g/mol. The lowest BCUT2D eigenvalue weighted by molar-refractivity contribution is -0.127. The van der Waals surface area contributed by atoms with Crippen molar-refractivity contribution in [3.8, 4) is 0 Å². The Kier molecular flexibility index (Phi) is 6.64. The zero-order chi connectivity index (χ0) is 12.8. The van der Waals surface area contributed by atoms with E-state index >= 15 is 0 Å². The van der Waals surface area contributed by atoms with Crippen molar-refractivity contribution < 1.29 is 9.53 Å². The summed E-state index contributed by atoms with van der Waals surface area (Å²) < 4.78 is 5.75. The highest BCUT2D eigenvalue weighted by Crippen LogP contribution is 2.22. The van der Waals surface area contributed by atoms with Gasteiger partial charge in [0.1, 0.15) is 5.78 Å². The Hall–Kier alpha value is -0.0200. The van der Waals surface area contributed by atoms with Crippen LogP contribution in [0.1, 0.15) is 48.0 Å². The normalized spacial score (nSPS) is 12.9. The van der Waals surface area contributed by atoms with E-state index in [0.717, 1.165) is 12.4 Å². The predicted molar refractivity (Wildman–Crippen MR) is 72.1 cm³/mol. The molecule has 3 heteroatoms. The zero-order valence-electron chi connectivity index (χ0n) is 11.6. The van der Waals surface area contributed by atoms with E-state index in [-0.39, 0.29) is 11.2 Å². The number of Topliss-reactive ketones (excluding diaryl/α,β-unsaturated/α-hetero) is 1. The van der Waals surface area contributed by atoms with E-state index < -0.39 is 0 Å². The number of thioether (sulfide) groups is 1. The molecule has 0 aromatic heterocycles. The highest BCUT2D eigenvalue weighted by atomic mass is 32.2. The summed E-state index contributed by atoms with van der Waals surface area (Å²) in [7, 11) is 0. The molecule has 0 aromatic carbocycles. The third-order valence-corrected chi connectivity index (χ3v) is 3.31. The maximum atomic E-state index is 11.6. The molecule has 0 aliphatic carbocycles. The molecule has 0 N–H and O–H groups in total. The van der Waals surface area contributed by atoms with Gasteiger partial charge in [0, 0.05) is 22.3 Å². The average Bonchev–Trinajstić information content (AvgIpc) is 2.07. The van der Waals surface area contributed by atoms with Crippen LogP contribution in [0.3, 0.4) is 0 Å². The minimum atomic E-state index is -0.233. The second-order valence-corrected chi connectivity index (χ2v) is 7.92. The molecule has 0 aromatic rings. The summed E-state index contributed by atoms with van der Waals surface area (Å²) in [6.07, 6.45) is 0.531. The third-order valence-electron chi connectivity index (χ3n) is 2.07. The number of carbonyl (C=O) groups is 1. The Morgan fingerprint density at radius 1 is 1.06 bits per heavy atom. The lowest BCUT2D eigenvalue weighted by Crippen LogP contribution is -2.21. The lowest BCUT2D eigenvalue weighted by atomic mass is 9.89. The number of rotatable bonds is 6. The summed E-state index contributed by atoms with van der Waals surface area (Å²) in [5.74, 6) is 1.27. The van der Waals surface area contributed by atoms with Crippen molar-refractivity contribution in [3.63, 3.8) is 0 Å². The number of ketones is 1. The van der Waals surface area contributed by atoms with Gasteiger partial charge in [0.05, 0.1) is 13.2 Å². The van der Waals surface area contributed by atoms with Crippen molar-refractivity contribution in [3.05, 3.63) is 0 Å². The molecule has 0 heterocycles. The van der Waals surface area contributed by atoms with Crippen LogP contribution < -0.4 is 0 Å². The van der Waals surface area contributed by atoms with E-state index in [2.05, 4.69) is 20.8 Å². The lowest BCUT2D eigenvalue weighted by Gasteiger charge is -2.18. The highest BCUT2D eigenvalue weighted by Gasteiger charge is 2.20. The first-order valence-electron chi connectivity index (χ1n) is 5.88. The van der Waals surface area contributed by atoms with Gasteiger partial charge in [-0.15, -0.1) is 0 Å². The molecule has 0 saturated heterocycles. The van der Waals surface area contributed by atoms with Gasteiger partial charge in [0.25, 0.3) is 0 Å². The second kappa shape index (κ2) is 6.65. The van der Waals surface area contributed by atoms with E-state index in [4.69, 9.17) is 4.74 Å². The van der Waals surface area contributed by atoms with Gasteiger partial charge in [0.2, 0.25) is 0 Å². The molecule has 0 amide bonds. The van der Waals surface area contributed by atoms with E-state index in [1.54, 1.807) is 0 Å². The Morgan fingerprint density at radius 2 is 1.62 bits per heavy atom. The van der Waals surface area contributed by atoms with E-state index in [1.807, 2.05) is 32.5 Å². The van der Waals surface area contributed by atoms with Gasteiger partial charge in [-0.25, -0.2) is 0 Å². The molecule has 0 atom stereocenters. The Morgan fingerprint density at radius 3 is 2.06 bits per heavy atom. The summed E-state index contributed by atoms with van der Waals surface area (Å²) in [5, 5.41) is 0. The van der Waals surface area contributed by atoms with E-state index in [9.17, 15) is 4.79 Å². The van der Waals surface area contributed by atoms with Gasteiger partial charge in [-0.2, -0.15) is 11.8 Å². The minimum Gasteiger partial charge on any atom is -0.380 e. The third kappa shape index (κ3) is 9.22. The van der Waals surface area contributed by atoms with Crippen LogP contribution >= 0.6 is 11.8 Å². The van der Waals surface area contributed by atoms with Crippen molar-refractivity contribution in [2.75, 3.05) is 19.0 Å². The van der Waals surface area contributed by atoms with Crippen LogP contribution in [0.2, 0.25) is 0 Å².